The highest BCUT2D eigenvalue weighted by molar-refractivity contribution is 7.13. The Morgan fingerprint density at radius 3 is 2.53 bits per heavy atom. The first-order chi connectivity index (χ1) is 15.3. The van der Waals surface area contributed by atoms with E-state index in [-0.39, 0.29) is 12.5 Å². The van der Waals surface area contributed by atoms with E-state index in [1.807, 2.05) is 12.1 Å². The number of hydrogen-bond acceptors (Lipinski definition) is 3. The Balaban J connectivity index is 1.65. The molecule has 4 aromatic rings. The maximum Gasteiger partial charge on any atom is 0.416 e. The minimum absolute atomic E-state index is 0.116. The monoisotopic (exact) mass is 475 g/mol. The van der Waals surface area contributed by atoms with Crippen molar-refractivity contribution in [2.24, 2.45) is 0 Å². The molecular weight excluding hydrogens is 459 g/mol. The van der Waals surface area contributed by atoms with Gasteiger partial charge in [0.15, 0.2) is 5.13 Å². The maximum absolute atomic E-state index is 13.1. The Morgan fingerprint density at radius 2 is 1.84 bits per heavy atom. The number of halogens is 4. The molecule has 0 radical (unpaired) electrons. The summed E-state index contributed by atoms with van der Waals surface area (Å²) < 4.78 is 41.0. The minimum Gasteiger partial charge on any atom is -0.339 e. The number of amides is 1. The van der Waals surface area contributed by atoms with Crippen molar-refractivity contribution in [3.8, 4) is 0 Å². The molecule has 0 saturated heterocycles. The zero-order valence-corrected chi connectivity index (χ0v) is 18.1. The molecule has 0 bridgehead atoms. The van der Waals surface area contributed by atoms with Crippen LogP contribution in [0.5, 0.6) is 0 Å². The van der Waals surface area contributed by atoms with E-state index >= 15 is 0 Å². The Hall–Kier alpha value is -3.10. The van der Waals surface area contributed by atoms with E-state index in [4.69, 9.17) is 11.6 Å². The lowest BCUT2D eigenvalue weighted by Gasteiger charge is -2.11. The topological polar surface area (TPSA) is 46.9 Å². The molecule has 0 fully saturated rings. The second-order valence-corrected chi connectivity index (χ2v) is 8.49. The van der Waals surface area contributed by atoms with Crippen LogP contribution >= 0.6 is 22.9 Å². The van der Waals surface area contributed by atoms with Gasteiger partial charge in [0.25, 0.3) is 5.91 Å². The lowest BCUT2D eigenvalue weighted by molar-refractivity contribution is -0.137. The number of benzene rings is 2. The van der Waals surface area contributed by atoms with Gasteiger partial charge in [0, 0.05) is 29.3 Å². The molecule has 4 rings (SSSR count). The third-order valence-electron chi connectivity index (χ3n) is 4.77. The molecule has 1 N–H and O–H groups in total. The molecule has 0 unspecified atom stereocenters. The van der Waals surface area contributed by atoms with Gasteiger partial charge in [0.05, 0.1) is 5.56 Å². The Labute approximate surface area is 191 Å². The lowest BCUT2D eigenvalue weighted by atomic mass is 10.1. The van der Waals surface area contributed by atoms with Gasteiger partial charge in [-0.05, 0) is 53.4 Å². The largest absolute Gasteiger partial charge is 0.416 e. The maximum atomic E-state index is 13.1. The van der Waals surface area contributed by atoms with Crippen molar-refractivity contribution in [3.63, 3.8) is 0 Å². The molecule has 0 aliphatic carbocycles. The van der Waals surface area contributed by atoms with E-state index in [1.54, 1.807) is 46.6 Å². The number of aromatic nitrogens is 2. The number of anilines is 1. The van der Waals surface area contributed by atoms with E-state index in [2.05, 4.69) is 10.3 Å². The van der Waals surface area contributed by atoms with Crippen LogP contribution in [0.2, 0.25) is 5.02 Å². The summed E-state index contributed by atoms with van der Waals surface area (Å²) in [6, 6.07) is 14.2. The van der Waals surface area contributed by atoms with Crippen LogP contribution in [-0.4, -0.2) is 15.5 Å². The molecule has 2 aromatic heterocycles. The highest BCUT2D eigenvalue weighted by atomic mass is 35.5. The van der Waals surface area contributed by atoms with Crippen LogP contribution in [0.4, 0.5) is 18.3 Å². The standard InChI is InChI=1S/C23H17ClF3N3OS/c24-19-6-4-15(5-7-19)10-17-12-20(21(31)29-22-28-8-9-32-22)30(14-17)13-16-2-1-3-18(11-16)23(25,26)27/h1-9,11-12,14H,10,13H2,(H,28,29,31). The second kappa shape index (κ2) is 9.18. The molecule has 0 saturated carbocycles. The summed E-state index contributed by atoms with van der Waals surface area (Å²) in [7, 11) is 0. The zero-order chi connectivity index (χ0) is 22.7. The van der Waals surface area contributed by atoms with Crippen LogP contribution < -0.4 is 5.32 Å². The SMILES string of the molecule is O=C(Nc1nccs1)c1cc(Cc2ccc(Cl)cc2)cn1Cc1cccc(C(F)(F)F)c1. The van der Waals surface area contributed by atoms with Gasteiger partial charge in [-0.3, -0.25) is 10.1 Å². The molecule has 2 aromatic carbocycles. The van der Waals surface area contributed by atoms with Gasteiger partial charge in [0.2, 0.25) is 0 Å². The fourth-order valence-electron chi connectivity index (χ4n) is 3.32. The van der Waals surface area contributed by atoms with Gasteiger partial charge in [-0.2, -0.15) is 13.2 Å². The quantitative estimate of drug-likeness (QED) is 0.345. The molecule has 164 valence electrons. The van der Waals surface area contributed by atoms with Crippen LogP contribution in [0, 0.1) is 0 Å². The molecule has 2 heterocycles. The highest BCUT2D eigenvalue weighted by Crippen LogP contribution is 2.30. The zero-order valence-electron chi connectivity index (χ0n) is 16.6. The summed E-state index contributed by atoms with van der Waals surface area (Å²) in [6.45, 7) is 0.116. The first-order valence-corrected chi connectivity index (χ1v) is 10.8. The highest BCUT2D eigenvalue weighted by Gasteiger charge is 2.30. The number of nitrogens with zero attached hydrogens (tertiary/aromatic N) is 2. The molecule has 0 aliphatic rings. The van der Waals surface area contributed by atoms with Crippen LogP contribution in [0.25, 0.3) is 0 Å². The predicted octanol–water partition coefficient (Wildman–Crippen LogP) is 6.51. The van der Waals surface area contributed by atoms with E-state index in [0.29, 0.717) is 27.8 Å². The molecule has 9 heteroatoms. The van der Waals surface area contributed by atoms with E-state index in [1.165, 1.54) is 17.4 Å². The third-order valence-corrected chi connectivity index (χ3v) is 5.71. The van der Waals surface area contributed by atoms with Crippen LogP contribution in [0.3, 0.4) is 0 Å². The van der Waals surface area contributed by atoms with Crippen molar-refractivity contribution in [2.45, 2.75) is 19.1 Å². The van der Waals surface area contributed by atoms with Gasteiger partial charge < -0.3 is 4.57 Å². The number of alkyl halides is 3. The summed E-state index contributed by atoms with van der Waals surface area (Å²) >= 11 is 7.23. The average Bonchev–Trinajstić information content (AvgIpc) is 3.39. The fraction of sp³-hybridized carbons (Fsp3) is 0.130. The number of nitrogens with one attached hydrogen (secondary N) is 1. The van der Waals surface area contributed by atoms with Gasteiger partial charge in [-0.1, -0.05) is 35.9 Å². The van der Waals surface area contributed by atoms with Crippen molar-refractivity contribution < 1.29 is 18.0 Å². The van der Waals surface area contributed by atoms with Crippen LogP contribution in [0.15, 0.2) is 72.4 Å². The first-order valence-electron chi connectivity index (χ1n) is 9.58. The number of carbonyl (C=O) groups excluding carboxylic acids is 1. The predicted molar refractivity (Wildman–Crippen MR) is 119 cm³/mol. The van der Waals surface area contributed by atoms with Crippen molar-refractivity contribution in [3.05, 3.63) is 105 Å². The number of hydrogen-bond donors (Lipinski definition) is 1. The Morgan fingerprint density at radius 1 is 1.06 bits per heavy atom. The molecular formula is C23H17ClF3N3OS. The van der Waals surface area contributed by atoms with Crippen molar-refractivity contribution in [1.82, 2.24) is 9.55 Å². The summed E-state index contributed by atoms with van der Waals surface area (Å²) in [6.07, 6.45) is -0.526. The fourth-order valence-corrected chi connectivity index (χ4v) is 3.97. The van der Waals surface area contributed by atoms with Crippen molar-refractivity contribution in [1.29, 1.82) is 0 Å². The average molecular weight is 476 g/mol. The van der Waals surface area contributed by atoms with Crippen molar-refractivity contribution in [2.75, 3.05) is 5.32 Å². The number of rotatable bonds is 6. The molecule has 1 amide bonds. The first kappa shape index (κ1) is 22.1. The van der Waals surface area contributed by atoms with Crippen LogP contribution in [0.1, 0.15) is 32.7 Å². The van der Waals surface area contributed by atoms with Gasteiger partial charge in [0.1, 0.15) is 5.69 Å². The minimum atomic E-state index is -4.43. The van der Waals surface area contributed by atoms with Gasteiger partial charge in [-0.15, -0.1) is 11.3 Å². The van der Waals surface area contributed by atoms with Gasteiger partial charge >= 0.3 is 6.18 Å². The third kappa shape index (κ3) is 5.38. The van der Waals surface area contributed by atoms with Gasteiger partial charge in [-0.25, -0.2) is 4.98 Å². The summed E-state index contributed by atoms with van der Waals surface area (Å²) in [5, 5.41) is 5.54. The van der Waals surface area contributed by atoms with Crippen molar-refractivity contribution >= 4 is 34.0 Å². The molecule has 32 heavy (non-hydrogen) atoms. The normalized spacial score (nSPS) is 11.5. The summed E-state index contributed by atoms with van der Waals surface area (Å²) in [5.41, 5.74) is 1.90. The van der Waals surface area contributed by atoms with E-state index in [9.17, 15) is 18.0 Å². The second-order valence-electron chi connectivity index (χ2n) is 7.15. The Bertz CT molecular complexity index is 1220. The van der Waals surface area contributed by atoms with E-state index in [0.717, 1.165) is 23.3 Å². The molecule has 0 atom stereocenters. The van der Waals surface area contributed by atoms with E-state index < -0.39 is 11.7 Å². The molecule has 4 nitrogen and oxygen atoms in total. The number of carbonyl (C=O) groups is 1. The lowest BCUT2D eigenvalue weighted by Crippen LogP contribution is -2.17. The molecule has 0 spiro atoms. The summed E-state index contributed by atoms with van der Waals surface area (Å²) in [4.78, 5) is 17.0. The van der Waals surface area contributed by atoms with Crippen LogP contribution in [-0.2, 0) is 19.1 Å². The smallest absolute Gasteiger partial charge is 0.339 e. The number of thiazole rings is 1. The summed E-state index contributed by atoms with van der Waals surface area (Å²) in [5.74, 6) is -0.380. The Kier molecular flexibility index (Phi) is 6.34. The molecule has 0 aliphatic heterocycles.